The van der Waals surface area contributed by atoms with Crippen molar-refractivity contribution in [3.8, 4) is 6.07 Å². The van der Waals surface area contributed by atoms with Crippen molar-refractivity contribution in [3.63, 3.8) is 0 Å². The number of amides is 1. The first kappa shape index (κ1) is 8.78. The van der Waals surface area contributed by atoms with Gasteiger partial charge in [-0.05, 0) is 0 Å². The second kappa shape index (κ2) is 4.64. The van der Waals surface area contributed by atoms with Crippen LogP contribution in [-0.4, -0.2) is 18.2 Å². The van der Waals surface area contributed by atoms with E-state index in [9.17, 15) is 4.79 Å². The molecule has 0 rings (SSSR count). The van der Waals surface area contributed by atoms with Crippen LogP contribution in [0.2, 0.25) is 0 Å². The molecule has 0 unspecified atom stereocenters. The number of amidine groups is 1. The molecule has 0 heterocycles. The first-order valence-electron chi connectivity index (χ1n) is 2.22. The van der Waals surface area contributed by atoms with Crippen LogP contribution in [0.4, 0.5) is 4.79 Å². The molecule has 54 valence electrons. The zero-order valence-corrected chi connectivity index (χ0v) is 6.05. The number of nitrogens with zero attached hydrogens (tertiary/aromatic N) is 2. The zero-order chi connectivity index (χ0) is 7.98. The smallest absolute Gasteiger partial charge is 0.282 e. The van der Waals surface area contributed by atoms with Gasteiger partial charge in [-0.1, -0.05) is 17.8 Å². The number of hydrogen-bond donors (Lipinski definition) is 2. The van der Waals surface area contributed by atoms with Gasteiger partial charge in [-0.2, -0.15) is 5.26 Å². The lowest BCUT2D eigenvalue weighted by Crippen LogP contribution is -2.24. The molecule has 0 aliphatic rings. The minimum atomic E-state index is -0.655. The van der Waals surface area contributed by atoms with Crippen molar-refractivity contribution in [2.45, 2.75) is 0 Å². The van der Waals surface area contributed by atoms with E-state index in [1.54, 1.807) is 6.07 Å². The minimum absolute atomic E-state index is 0.220. The summed E-state index contributed by atoms with van der Waals surface area (Å²) in [6.45, 7) is 0. The summed E-state index contributed by atoms with van der Waals surface area (Å²) in [5, 5.41) is 12.7. The van der Waals surface area contributed by atoms with Gasteiger partial charge in [-0.15, -0.1) is 0 Å². The van der Waals surface area contributed by atoms with Crippen LogP contribution in [0, 0.1) is 11.3 Å². The highest BCUT2D eigenvalue weighted by Gasteiger charge is 1.98. The maximum absolute atomic E-state index is 10.2. The second-order valence-electron chi connectivity index (χ2n) is 1.16. The third kappa shape index (κ3) is 3.74. The van der Waals surface area contributed by atoms with E-state index >= 15 is 0 Å². The normalized spacial score (nSPS) is 9.90. The molecule has 0 atom stereocenters. The Bertz CT molecular complexity index is 195. The summed E-state index contributed by atoms with van der Waals surface area (Å²) < 4.78 is 0. The van der Waals surface area contributed by atoms with Crippen LogP contribution in [0.15, 0.2) is 5.16 Å². The molecule has 0 radical (unpaired) electrons. The SMILES string of the molecule is CON=C(C#N)NC(=O)S. The first-order valence-corrected chi connectivity index (χ1v) is 2.66. The molecule has 5 nitrogen and oxygen atoms in total. The van der Waals surface area contributed by atoms with Crippen LogP contribution < -0.4 is 5.32 Å². The van der Waals surface area contributed by atoms with Gasteiger partial charge in [0.05, 0.1) is 0 Å². The van der Waals surface area contributed by atoms with Gasteiger partial charge >= 0.3 is 0 Å². The molecule has 0 aliphatic heterocycles. The number of carbonyl (C=O) groups excluding carboxylic acids is 1. The van der Waals surface area contributed by atoms with Gasteiger partial charge in [-0.3, -0.25) is 10.1 Å². The lowest BCUT2D eigenvalue weighted by Gasteiger charge is -1.93. The second-order valence-corrected chi connectivity index (χ2v) is 1.57. The van der Waals surface area contributed by atoms with Crippen molar-refractivity contribution in [1.29, 1.82) is 5.26 Å². The van der Waals surface area contributed by atoms with E-state index in [0.29, 0.717) is 0 Å². The fraction of sp³-hybridized carbons (Fsp3) is 0.250. The van der Waals surface area contributed by atoms with Crippen LogP contribution in [0.1, 0.15) is 0 Å². The Labute approximate surface area is 63.1 Å². The van der Waals surface area contributed by atoms with E-state index in [0.717, 1.165) is 0 Å². The largest absolute Gasteiger partial charge is 0.397 e. The van der Waals surface area contributed by atoms with Gasteiger partial charge < -0.3 is 4.84 Å². The molecule has 0 aromatic heterocycles. The van der Waals surface area contributed by atoms with E-state index in [1.165, 1.54) is 7.11 Å². The molecule has 0 fully saturated rings. The molecular weight excluding hydrogens is 154 g/mol. The number of thiol groups is 1. The molecule has 0 saturated carbocycles. The third-order valence-corrected chi connectivity index (χ3v) is 0.626. The number of rotatable bonds is 1. The summed E-state index contributed by atoms with van der Waals surface area (Å²) in [5.41, 5.74) is 0. The van der Waals surface area contributed by atoms with Crippen molar-refractivity contribution < 1.29 is 9.63 Å². The van der Waals surface area contributed by atoms with Gasteiger partial charge in [-0.25, -0.2) is 0 Å². The van der Waals surface area contributed by atoms with Crippen LogP contribution in [0.3, 0.4) is 0 Å². The van der Waals surface area contributed by atoms with Crippen molar-refractivity contribution in [1.82, 2.24) is 5.32 Å². The highest BCUT2D eigenvalue weighted by atomic mass is 32.1. The third-order valence-electron chi connectivity index (χ3n) is 0.514. The Kier molecular flexibility index (Phi) is 4.07. The maximum atomic E-state index is 10.2. The van der Waals surface area contributed by atoms with Crippen LogP contribution in [-0.2, 0) is 4.84 Å². The Hall–Kier alpha value is -1.22. The molecule has 0 aromatic rings. The van der Waals surface area contributed by atoms with E-state index in [1.807, 2.05) is 5.32 Å². The predicted octanol–water partition coefficient (Wildman–Crippen LogP) is 0.109. The quantitative estimate of drug-likeness (QED) is 0.247. The average molecular weight is 159 g/mol. The van der Waals surface area contributed by atoms with Crippen LogP contribution >= 0.6 is 12.6 Å². The molecule has 0 aromatic carbocycles. The molecule has 0 aliphatic carbocycles. The molecule has 10 heavy (non-hydrogen) atoms. The van der Waals surface area contributed by atoms with Gasteiger partial charge in [0, 0.05) is 0 Å². The summed E-state index contributed by atoms with van der Waals surface area (Å²) in [5.74, 6) is -0.220. The Morgan fingerprint density at radius 2 is 2.50 bits per heavy atom. The number of carbonyl (C=O) groups is 1. The van der Waals surface area contributed by atoms with E-state index < -0.39 is 5.24 Å². The van der Waals surface area contributed by atoms with E-state index in [-0.39, 0.29) is 5.84 Å². The van der Waals surface area contributed by atoms with E-state index in [2.05, 4.69) is 22.6 Å². The molecule has 0 spiro atoms. The molecule has 0 bridgehead atoms. The number of nitrogens with one attached hydrogen (secondary N) is 1. The summed E-state index contributed by atoms with van der Waals surface area (Å²) >= 11 is 3.35. The fourth-order valence-electron chi connectivity index (χ4n) is 0.264. The van der Waals surface area contributed by atoms with Crippen LogP contribution in [0.25, 0.3) is 0 Å². The van der Waals surface area contributed by atoms with E-state index in [4.69, 9.17) is 5.26 Å². The Morgan fingerprint density at radius 3 is 2.80 bits per heavy atom. The molecule has 1 amide bonds. The van der Waals surface area contributed by atoms with Crippen molar-refractivity contribution in [2.24, 2.45) is 5.16 Å². The summed E-state index contributed by atoms with van der Waals surface area (Å²) in [4.78, 5) is 14.4. The monoisotopic (exact) mass is 159 g/mol. The Balaban J connectivity index is 3.99. The summed E-state index contributed by atoms with van der Waals surface area (Å²) in [6, 6.07) is 1.58. The van der Waals surface area contributed by atoms with Gasteiger partial charge in [0.25, 0.3) is 11.1 Å². The molecule has 0 saturated heterocycles. The van der Waals surface area contributed by atoms with Crippen LogP contribution in [0.5, 0.6) is 0 Å². The topological polar surface area (TPSA) is 74.5 Å². The van der Waals surface area contributed by atoms with Gasteiger partial charge in [0.2, 0.25) is 0 Å². The molecular formula is C4H5N3O2S. The molecule has 1 N–H and O–H groups in total. The molecule has 6 heteroatoms. The number of nitriles is 1. The van der Waals surface area contributed by atoms with Crippen molar-refractivity contribution in [3.05, 3.63) is 0 Å². The maximum Gasteiger partial charge on any atom is 0.282 e. The van der Waals surface area contributed by atoms with Gasteiger partial charge in [0.15, 0.2) is 0 Å². The standard InChI is InChI=1S/C4H5N3O2S/c1-9-7-3(2-5)6-4(8)10/h1H3,(H2,6,7,8,10). The lowest BCUT2D eigenvalue weighted by molar-refractivity contribution is 0.212. The Morgan fingerprint density at radius 1 is 1.90 bits per heavy atom. The first-order chi connectivity index (χ1) is 4.70. The zero-order valence-electron chi connectivity index (χ0n) is 5.16. The predicted molar refractivity (Wildman–Crippen MR) is 37.6 cm³/mol. The van der Waals surface area contributed by atoms with Gasteiger partial charge in [0.1, 0.15) is 13.2 Å². The number of hydrogen-bond acceptors (Lipinski definition) is 4. The lowest BCUT2D eigenvalue weighted by atomic mass is 10.7. The number of oxime groups is 1. The average Bonchev–Trinajstić information content (AvgIpc) is 1.86. The fourth-order valence-corrected chi connectivity index (χ4v) is 0.370. The highest BCUT2D eigenvalue weighted by Crippen LogP contribution is 1.78. The highest BCUT2D eigenvalue weighted by molar-refractivity contribution is 7.96. The minimum Gasteiger partial charge on any atom is -0.397 e. The summed E-state index contributed by atoms with van der Waals surface area (Å²) in [7, 11) is 1.27. The van der Waals surface area contributed by atoms with Crippen molar-refractivity contribution in [2.75, 3.05) is 7.11 Å². The van der Waals surface area contributed by atoms with Crippen molar-refractivity contribution >= 4 is 23.7 Å². The summed E-state index contributed by atoms with van der Waals surface area (Å²) in [6.07, 6.45) is 0.